The van der Waals surface area contributed by atoms with Crippen molar-refractivity contribution >= 4 is 21.9 Å². The molecule has 0 heterocycles. The monoisotopic (exact) mass is 286 g/mol. The van der Waals surface area contributed by atoms with Crippen molar-refractivity contribution in [3.8, 4) is 0 Å². The van der Waals surface area contributed by atoms with Crippen molar-refractivity contribution in [1.29, 1.82) is 0 Å². The molecule has 0 spiro atoms. The lowest BCUT2D eigenvalue weighted by Crippen LogP contribution is -2.43. The summed E-state index contributed by atoms with van der Waals surface area (Å²) < 4.78 is 14.4. The Balaban J connectivity index is 2.63. The number of halogens is 2. The number of carboxylic acids is 1. The van der Waals surface area contributed by atoms with E-state index in [0.717, 1.165) is 12.0 Å². The van der Waals surface area contributed by atoms with Crippen LogP contribution in [0, 0.1) is 12.7 Å². The Morgan fingerprint density at radius 3 is 2.56 bits per heavy atom. The van der Waals surface area contributed by atoms with Crippen LogP contribution in [0.3, 0.4) is 0 Å². The molecule has 0 aliphatic heterocycles. The maximum absolute atomic E-state index is 13.8. The highest BCUT2D eigenvalue weighted by atomic mass is 79.9. The van der Waals surface area contributed by atoms with E-state index >= 15 is 0 Å². The van der Waals surface area contributed by atoms with E-state index in [2.05, 4.69) is 15.9 Å². The van der Waals surface area contributed by atoms with Gasteiger partial charge in [-0.15, -0.1) is 0 Å². The van der Waals surface area contributed by atoms with E-state index in [1.54, 1.807) is 6.07 Å². The summed E-state index contributed by atoms with van der Waals surface area (Å²) in [5, 5.41) is 9.29. The molecule has 0 atom stereocenters. The van der Waals surface area contributed by atoms with Gasteiger partial charge in [-0.3, -0.25) is 4.79 Å². The minimum absolute atomic E-state index is 0.311. The molecule has 1 aliphatic carbocycles. The standard InChI is InChI=1S/C12H12BrFO2/c1-7-3-4-8(14)9(10(7)13)12(11(15)16)5-2-6-12/h3-4H,2,5-6H2,1H3,(H,15,16). The Morgan fingerprint density at radius 1 is 1.50 bits per heavy atom. The molecular weight excluding hydrogens is 275 g/mol. The molecule has 1 fully saturated rings. The lowest BCUT2D eigenvalue weighted by atomic mass is 9.64. The first-order valence-electron chi connectivity index (χ1n) is 5.17. The molecule has 1 aromatic rings. The molecule has 2 nitrogen and oxygen atoms in total. The molecule has 16 heavy (non-hydrogen) atoms. The number of carboxylic acid groups (broad SMARTS) is 1. The molecular formula is C12H12BrFO2. The van der Waals surface area contributed by atoms with Crippen LogP contribution >= 0.6 is 15.9 Å². The van der Waals surface area contributed by atoms with Gasteiger partial charge in [0.05, 0.1) is 5.41 Å². The van der Waals surface area contributed by atoms with E-state index in [0.29, 0.717) is 22.9 Å². The van der Waals surface area contributed by atoms with Gasteiger partial charge < -0.3 is 5.11 Å². The highest BCUT2D eigenvalue weighted by Gasteiger charge is 2.48. The maximum atomic E-state index is 13.8. The minimum Gasteiger partial charge on any atom is -0.481 e. The van der Waals surface area contributed by atoms with Gasteiger partial charge in [0.2, 0.25) is 0 Å². The number of hydrogen-bond donors (Lipinski definition) is 1. The Kier molecular flexibility index (Phi) is 2.78. The van der Waals surface area contributed by atoms with Gasteiger partial charge in [0.25, 0.3) is 0 Å². The van der Waals surface area contributed by atoms with Gasteiger partial charge in [-0.2, -0.15) is 0 Å². The molecule has 0 unspecified atom stereocenters. The van der Waals surface area contributed by atoms with Gasteiger partial charge in [0.15, 0.2) is 0 Å². The maximum Gasteiger partial charge on any atom is 0.314 e. The largest absolute Gasteiger partial charge is 0.481 e. The molecule has 0 bridgehead atoms. The molecule has 1 aromatic carbocycles. The van der Waals surface area contributed by atoms with Crippen LogP contribution in [0.2, 0.25) is 0 Å². The molecule has 2 rings (SSSR count). The second kappa shape index (κ2) is 3.84. The molecule has 0 aromatic heterocycles. The van der Waals surface area contributed by atoms with E-state index < -0.39 is 17.2 Å². The van der Waals surface area contributed by atoms with Gasteiger partial charge >= 0.3 is 5.97 Å². The van der Waals surface area contributed by atoms with Crippen molar-refractivity contribution in [2.75, 3.05) is 0 Å². The highest BCUT2D eigenvalue weighted by Crippen LogP contribution is 2.48. The average Bonchev–Trinajstić information content (AvgIpc) is 2.15. The summed E-state index contributed by atoms with van der Waals surface area (Å²) in [5.41, 5.74) is 0.157. The average molecular weight is 287 g/mol. The summed E-state index contributed by atoms with van der Waals surface area (Å²) in [6, 6.07) is 3.00. The molecule has 0 radical (unpaired) electrons. The van der Waals surface area contributed by atoms with E-state index in [1.807, 2.05) is 6.92 Å². The van der Waals surface area contributed by atoms with Crippen molar-refractivity contribution in [2.45, 2.75) is 31.6 Å². The summed E-state index contributed by atoms with van der Waals surface area (Å²) in [6.07, 6.45) is 1.87. The van der Waals surface area contributed by atoms with Crippen molar-refractivity contribution in [3.05, 3.63) is 33.5 Å². The second-order valence-corrected chi connectivity index (χ2v) is 5.09. The quantitative estimate of drug-likeness (QED) is 0.905. The van der Waals surface area contributed by atoms with E-state index in [9.17, 15) is 14.3 Å². The fraction of sp³-hybridized carbons (Fsp3) is 0.417. The van der Waals surface area contributed by atoms with Crippen molar-refractivity contribution in [1.82, 2.24) is 0 Å². The minimum atomic E-state index is -1.02. The van der Waals surface area contributed by atoms with Crippen LogP contribution in [0.25, 0.3) is 0 Å². The fourth-order valence-corrected chi connectivity index (χ4v) is 2.90. The number of rotatable bonds is 2. The van der Waals surface area contributed by atoms with Gasteiger partial charge in [-0.1, -0.05) is 28.4 Å². The highest BCUT2D eigenvalue weighted by molar-refractivity contribution is 9.10. The molecule has 4 heteroatoms. The third kappa shape index (κ3) is 1.47. The zero-order chi connectivity index (χ0) is 11.9. The first kappa shape index (κ1) is 11.6. The molecule has 86 valence electrons. The topological polar surface area (TPSA) is 37.3 Å². The summed E-state index contributed by atoms with van der Waals surface area (Å²) >= 11 is 3.31. The van der Waals surface area contributed by atoms with Gasteiger partial charge in [-0.05, 0) is 31.4 Å². The number of aryl methyl sites for hydroxylation is 1. The number of carbonyl (C=O) groups is 1. The first-order chi connectivity index (χ1) is 7.49. The van der Waals surface area contributed by atoms with E-state index in [-0.39, 0.29) is 0 Å². The lowest BCUT2D eigenvalue weighted by Gasteiger charge is -2.39. The predicted octanol–water partition coefficient (Wildman–Crippen LogP) is 3.40. The molecule has 0 amide bonds. The lowest BCUT2D eigenvalue weighted by molar-refractivity contribution is -0.147. The van der Waals surface area contributed by atoms with Crippen LogP contribution in [0.1, 0.15) is 30.4 Å². The summed E-state index contributed by atoms with van der Waals surface area (Å²) in [6.45, 7) is 1.83. The Bertz CT molecular complexity index is 453. The molecule has 1 N–H and O–H groups in total. The normalized spacial score (nSPS) is 17.9. The van der Waals surface area contributed by atoms with Gasteiger partial charge in [0.1, 0.15) is 5.82 Å². The smallest absolute Gasteiger partial charge is 0.314 e. The Labute approximate surface area is 102 Å². The predicted molar refractivity (Wildman–Crippen MR) is 62.0 cm³/mol. The summed E-state index contributed by atoms with van der Waals surface area (Å²) in [7, 11) is 0. The number of hydrogen-bond acceptors (Lipinski definition) is 1. The van der Waals surface area contributed by atoms with Crippen LogP contribution in [0.5, 0.6) is 0 Å². The SMILES string of the molecule is Cc1ccc(F)c(C2(C(=O)O)CCC2)c1Br. The van der Waals surface area contributed by atoms with Crippen LogP contribution < -0.4 is 0 Å². The fourth-order valence-electron chi connectivity index (χ4n) is 2.20. The second-order valence-electron chi connectivity index (χ2n) is 4.29. The first-order valence-corrected chi connectivity index (χ1v) is 5.97. The zero-order valence-corrected chi connectivity index (χ0v) is 10.5. The van der Waals surface area contributed by atoms with Crippen molar-refractivity contribution in [2.24, 2.45) is 0 Å². The van der Waals surface area contributed by atoms with E-state index in [1.165, 1.54) is 6.07 Å². The van der Waals surface area contributed by atoms with Crippen LogP contribution in [-0.2, 0) is 10.2 Å². The third-order valence-corrected chi connectivity index (χ3v) is 4.40. The van der Waals surface area contributed by atoms with E-state index in [4.69, 9.17) is 0 Å². The molecule has 1 aliphatic rings. The zero-order valence-electron chi connectivity index (χ0n) is 8.89. The van der Waals surface area contributed by atoms with Crippen LogP contribution in [0.4, 0.5) is 4.39 Å². The molecule has 0 saturated heterocycles. The van der Waals surface area contributed by atoms with Crippen molar-refractivity contribution in [3.63, 3.8) is 0 Å². The van der Waals surface area contributed by atoms with Crippen molar-refractivity contribution < 1.29 is 14.3 Å². The third-order valence-electron chi connectivity index (χ3n) is 3.38. The van der Waals surface area contributed by atoms with Gasteiger partial charge in [0, 0.05) is 10.0 Å². The Hall–Kier alpha value is -0.900. The number of benzene rings is 1. The van der Waals surface area contributed by atoms with Gasteiger partial charge in [-0.25, -0.2) is 4.39 Å². The molecule has 1 saturated carbocycles. The summed E-state index contributed by atoms with van der Waals surface area (Å²) in [4.78, 5) is 11.3. The Morgan fingerprint density at radius 2 is 2.12 bits per heavy atom. The van der Waals surface area contributed by atoms with Crippen LogP contribution in [0.15, 0.2) is 16.6 Å². The van der Waals surface area contributed by atoms with Crippen LogP contribution in [-0.4, -0.2) is 11.1 Å². The summed E-state index contributed by atoms with van der Waals surface area (Å²) in [5.74, 6) is -1.36. The number of aliphatic carboxylic acids is 1.